The molecule has 16 heavy (non-hydrogen) atoms. The summed E-state index contributed by atoms with van der Waals surface area (Å²) in [5, 5.41) is 5.78. The zero-order valence-corrected chi connectivity index (χ0v) is 11.3. The Balaban J connectivity index is 1.81. The molecule has 0 spiro atoms. The van der Waals surface area contributed by atoms with Crippen molar-refractivity contribution in [2.24, 2.45) is 5.41 Å². The quantitative estimate of drug-likeness (QED) is 0.820. The Morgan fingerprint density at radius 1 is 1.56 bits per heavy atom. The van der Waals surface area contributed by atoms with Crippen LogP contribution in [-0.2, 0) is 6.42 Å². The van der Waals surface area contributed by atoms with Crippen LogP contribution in [0.1, 0.15) is 44.4 Å². The Hall–Kier alpha value is -0.340. The van der Waals surface area contributed by atoms with Gasteiger partial charge in [0.15, 0.2) is 0 Å². The maximum Gasteiger partial charge on any atom is 0.00723 e. The molecule has 1 N–H and O–H groups in total. The zero-order valence-electron chi connectivity index (χ0n) is 10.5. The molecule has 2 atom stereocenters. The highest BCUT2D eigenvalue weighted by atomic mass is 32.1. The molecule has 1 aromatic heterocycles. The molecule has 0 aliphatic heterocycles. The van der Waals surface area contributed by atoms with E-state index in [1.807, 2.05) is 11.3 Å². The number of hydrogen-bond donors (Lipinski definition) is 1. The van der Waals surface area contributed by atoms with Crippen LogP contribution < -0.4 is 5.32 Å². The molecule has 1 aliphatic rings. The van der Waals surface area contributed by atoms with Gasteiger partial charge >= 0.3 is 0 Å². The second kappa shape index (κ2) is 5.33. The monoisotopic (exact) mass is 237 g/mol. The average Bonchev–Trinajstić information content (AvgIpc) is 2.87. The topological polar surface area (TPSA) is 12.0 Å². The fourth-order valence-electron chi connectivity index (χ4n) is 2.89. The molecule has 1 aromatic rings. The first kappa shape index (κ1) is 12.1. The Labute approximate surface area is 103 Å². The van der Waals surface area contributed by atoms with Gasteiger partial charge in [0, 0.05) is 10.9 Å². The SMILES string of the molecule is CCNC1CCC(C)(CCc2cccs2)C1. The third-order valence-corrected chi connectivity index (χ3v) is 4.82. The number of nitrogens with one attached hydrogen (secondary N) is 1. The van der Waals surface area contributed by atoms with Crippen LogP contribution in [0, 0.1) is 5.41 Å². The van der Waals surface area contributed by atoms with E-state index in [2.05, 4.69) is 36.7 Å². The van der Waals surface area contributed by atoms with E-state index < -0.39 is 0 Å². The fourth-order valence-corrected chi connectivity index (χ4v) is 3.60. The van der Waals surface area contributed by atoms with Gasteiger partial charge in [0.1, 0.15) is 0 Å². The maximum absolute atomic E-state index is 3.60. The molecule has 0 saturated heterocycles. The predicted molar refractivity (Wildman–Crippen MR) is 72.1 cm³/mol. The van der Waals surface area contributed by atoms with E-state index in [9.17, 15) is 0 Å². The number of hydrogen-bond acceptors (Lipinski definition) is 2. The van der Waals surface area contributed by atoms with Crippen molar-refractivity contribution in [1.82, 2.24) is 5.32 Å². The van der Waals surface area contributed by atoms with E-state index >= 15 is 0 Å². The smallest absolute Gasteiger partial charge is 0.00723 e. The third kappa shape index (κ3) is 3.08. The van der Waals surface area contributed by atoms with Gasteiger partial charge in [0.2, 0.25) is 0 Å². The second-order valence-electron chi connectivity index (χ2n) is 5.39. The highest BCUT2D eigenvalue weighted by Crippen LogP contribution is 2.41. The van der Waals surface area contributed by atoms with Gasteiger partial charge in [-0.15, -0.1) is 11.3 Å². The first-order chi connectivity index (χ1) is 7.72. The molecule has 0 bridgehead atoms. The van der Waals surface area contributed by atoms with Crippen molar-refractivity contribution in [2.75, 3.05) is 6.54 Å². The minimum atomic E-state index is 0.580. The molecule has 1 heterocycles. The molecule has 1 nitrogen and oxygen atoms in total. The van der Waals surface area contributed by atoms with Crippen LogP contribution in [0.2, 0.25) is 0 Å². The average molecular weight is 237 g/mol. The van der Waals surface area contributed by atoms with Crippen molar-refractivity contribution in [1.29, 1.82) is 0 Å². The Morgan fingerprint density at radius 3 is 3.12 bits per heavy atom. The molecule has 2 rings (SSSR count). The van der Waals surface area contributed by atoms with Crippen molar-refractivity contribution in [3.05, 3.63) is 22.4 Å². The van der Waals surface area contributed by atoms with Crippen molar-refractivity contribution >= 4 is 11.3 Å². The summed E-state index contributed by atoms with van der Waals surface area (Å²) in [5.74, 6) is 0. The van der Waals surface area contributed by atoms with Crippen LogP contribution in [0.3, 0.4) is 0 Å². The van der Waals surface area contributed by atoms with Crippen LogP contribution in [0.25, 0.3) is 0 Å². The van der Waals surface area contributed by atoms with Crippen molar-refractivity contribution < 1.29 is 0 Å². The van der Waals surface area contributed by atoms with Gasteiger partial charge in [0.05, 0.1) is 0 Å². The molecule has 90 valence electrons. The number of thiophene rings is 1. The first-order valence-corrected chi connectivity index (χ1v) is 7.35. The summed E-state index contributed by atoms with van der Waals surface area (Å²) in [5.41, 5.74) is 0.580. The van der Waals surface area contributed by atoms with E-state index in [1.165, 1.54) is 32.1 Å². The summed E-state index contributed by atoms with van der Waals surface area (Å²) < 4.78 is 0. The summed E-state index contributed by atoms with van der Waals surface area (Å²) in [6, 6.07) is 5.21. The standard InChI is InChI=1S/C14H23NS/c1-3-15-12-6-8-14(2,11-12)9-7-13-5-4-10-16-13/h4-5,10,12,15H,3,6-9,11H2,1-2H3. The Morgan fingerprint density at radius 2 is 2.44 bits per heavy atom. The Bertz CT molecular complexity index is 307. The van der Waals surface area contributed by atoms with Crippen molar-refractivity contribution in [2.45, 2.75) is 52.0 Å². The fraction of sp³-hybridized carbons (Fsp3) is 0.714. The van der Waals surface area contributed by atoms with Gasteiger partial charge in [-0.3, -0.25) is 0 Å². The van der Waals surface area contributed by atoms with Gasteiger partial charge in [-0.1, -0.05) is 19.9 Å². The van der Waals surface area contributed by atoms with Crippen molar-refractivity contribution in [3.63, 3.8) is 0 Å². The van der Waals surface area contributed by atoms with Gasteiger partial charge in [-0.05, 0) is 55.5 Å². The van der Waals surface area contributed by atoms with E-state index in [0.717, 1.165) is 12.6 Å². The summed E-state index contributed by atoms with van der Waals surface area (Å²) in [6.45, 7) is 5.80. The lowest BCUT2D eigenvalue weighted by atomic mass is 9.83. The lowest BCUT2D eigenvalue weighted by Gasteiger charge is -2.24. The summed E-state index contributed by atoms with van der Waals surface area (Å²) in [6.07, 6.45) is 6.76. The molecule has 0 aromatic carbocycles. The lowest BCUT2D eigenvalue weighted by Crippen LogP contribution is -2.27. The highest BCUT2D eigenvalue weighted by molar-refractivity contribution is 7.09. The molecular formula is C14H23NS. The van der Waals surface area contributed by atoms with Crippen LogP contribution >= 0.6 is 11.3 Å². The second-order valence-corrected chi connectivity index (χ2v) is 6.42. The molecule has 1 aliphatic carbocycles. The van der Waals surface area contributed by atoms with E-state index in [4.69, 9.17) is 0 Å². The third-order valence-electron chi connectivity index (χ3n) is 3.88. The molecule has 0 radical (unpaired) electrons. The first-order valence-electron chi connectivity index (χ1n) is 6.48. The predicted octanol–water partition coefficient (Wildman–Crippen LogP) is 3.85. The summed E-state index contributed by atoms with van der Waals surface area (Å²) >= 11 is 1.90. The summed E-state index contributed by atoms with van der Waals surface area (Å²) in [7, 11) is 0. The zero-order chi connectivity index (χ0) is 11.4. The number of aryl methyl sites for hydroxylation is 1. The molecule has 0 amide bonds. The summed E-state index contributed by atoms with van der Waals surface area (Å²) in [4.78, 5) is 1.55. The lowest BCUT2D eigenvalue weighted by molar-refractivity contribution is 0.299. The van der Waals surface area contributed by atoms with Gasteiger partial charge in [0.25, 0.3) is 0 Å². The minimum absolute atomic E-state index is 0.580. The molecule has 1 saturated carbocycles. The number of rotatable bonds is 5. The van der Waals surface area contributed by atoms with E-state index in [0.29, 0.717) is 5.41 Å². The molecule has 1 fully saturated rings. The molecular weight excluding hydrogens is 214 g/mol. The van der Waals surface area contributed by atoms with Crippen LogP contribution in [0.4, 0.5) is 0 Å². The van der Waals surface area contributed by atoms with Gasteiger partial charge < -0.3 is 5.32 Å². The largest absolute Gasteiger partial charge is 0.314 e. The van der Waals surface area contributed by atoms with Gasteiger partial charge in [-0.2, -0.15) is 0 Å². The molecule has 2 unspecified atom stereocenters. The maximum atomic E-state index is 3.60. The highest BCUT2D eigenvalue weighted by Gasteiger charge is 2.34. The van der Waals surface area contributed by atoms with Crippen LogP contribution in [0.5, 0.6) is 0 Å². The van der Waals surface area contributed by atoms with Crippen LogP contribution in [0.15, 0.2) is 17.5 Å². The van der Waals surface area contributed by atoms with E-state index in [-0.39, 0.29) is 0 Å². The molecule has 2 heteroatoms. The minimum Gasteiger partial charge on any atom is -0.314 e. The van der Waals surface area contributed by atoms with Crippen LogP contribution in [-0.4, -0.2) is 12.6 Å². The van der Waals surface area contributed by atoms with E-state index in [1.54, 1.807) is 4.88 Å². The van der Waals surface area contributed by atoms with Crippen molar-refractivity contribution in [3.8, 4) is 0 Å². The normalized spacial score (nSPS) is 29.8. The Kier molecular flexibility index (Phi) is 4.04. The van der Waals surface area contributed by atoms with Gasteiger partial charge in [-0.25, -0.2) is 0 Å².